The topological polar surface area (TPSA) is 41.5 Å². The van der Waals surface area contributed by atoms with Gasteiger partial charge in [-0.3, -0.25) is 0 Å². The van der Waals surface area contributed by atoms with Gasteiger partial charge in [-0.05, 0) is 0 Å². The van der Waals surface area contributed by atoms with Crippen molar-refractivity contribution in [2.75, 3.05) is 26.4 Å². The van der Waals surface area contributed by atoms with Crippen LogP contribution >= 0.6 is 0 Å². The summed E-state index contributed by atoms with van der Waals surface area (Å²) in [6.07, 6.45) is -2.34. The fraction of sp³-hybridized carbons (Fsp3) is 1.00. The van der Waals surface area contributed by atoms with Gasteiger partial charge in [0.05, 0.1) is 19.8 Å². The third-order valence-electron chi connectivity index (χ3n) is 1.97. The van der Waals surface area contributed by atoms with Crippen molar-refractivity contribution in [3.05, 3.63) is 0 Å². The number of ether oxygens (including phenoxy) is 1. The third kappa shape index (κ3) is 2.66. The number of halogens is 2. The van der Waals surface area contributed by atoms with Crippen LogP contribution in [0.25, 0.3) is 0 Å². The summed E-state index contributed by atoms with van der Waals surface area (Å²) in [6, 6.07) is -0.121. The molecule has 2 atom stereocenters. The van der Waals surface area contributed by atoms with E-state index in [0.29, 0.717) is 13.2 Å². The average molecular weight is 181 g/mol. The van der Waals surface area contributed by atoms with E-state index in [1.807, 2.05) is 0 Å². The number of rotatable bonds is 4. The molecule has 12 heavy (non-hydrogen) atoms. The van der Waals surface area contributed by atoms with E-state index in [1.165, 1.54) is 0 Å². The number of nitrogens with one attached hydrogen (secondary N) is 1. The molecular weight excluding hydrogens is 168 g/mol. The number of aliphatic hydroxyl groups excluding tert-OH is 1. The second kappa shape index (κ2) is 4.69. The fourth-order valence-corrected chi connectivity index (χ4v) is 1.24. The molecule has 0 saturated carbocycles. The van der Waals surface area contributed by atoms with E-state index in [2.05, 4.69) is 5.32 Å². The molecule has 0 radical (unpaired) electrons. The highest BCUT2D eigenvalue weighted by molar-refractivity contribution is 4.80. The van der Waals surface area contributed by atoms with E-state index in [9.17, 15) is 8.78 Å². The normalized spacial score (nSPS) is 30.0. The van der Waals surface area contributed by atoms with Gasteiger partial charge in [0.25, 0.3) is 6.43 Å². The first kappa shape index (κ1) is 9.83. The van der Waals surface area contributed by atoms with Gasteiger partial charge in [-0.2, -0.15) is 0 Å². The zero-order valence-corrected chi connectivity index (χ0v) is 6.67. The van der Waals surface area contributed by atoms with Crippen molar-refractivity contribution < 1.29 is 18.6 Å². The molecule has 0 spiro atoms. The van der Waals surface area contributed by atoms with Crippen molar-refractivity contribution in [3.8, 4) is 0 Å². The van der Waals surface area contributed by atoms with Gasteiger partial charge in [0.15, 0.2) is 0 Å². The lowest BCUT2D eigenvalue weighted by Gasteiger charge is -2.16. The zero-order valence-electron chi connectivity index (χ0n) is 6.67. The maximum absolute atomic E-state index is 11.8. The third-order valence-corrected chi connectivity index (χ3v) is 1.97. The van der Waals surface area contributed by atoms with Gasteiger partial charge in [0.1, 0.15) is 0 Å². The first-order valence-electron chi connectivity index (χ1n) is 3.94. The van der Waals surface area contributed by atoms with Crippen molar-refractivity contribution >= 4 is 0 Å². The van der Waals surface area contributed by atoms with Gasteiger partial charge < -0.3 is 15.2 Å². The molecule has 5 heteroatoms. The predicted octanol–water partition coefficient (Wildman–Crippen LogP) is -0.152. The summed E-state index contributed by atoms with van der Waals surface area (Å²) in [5, 5.41) is 11.4. The summed E-state index contributed by atoms with van der Waals surface area (Å²) in [4.78, 5) is 0. The van der Waals surface area contributed by atoms with Crippen LogP contribution < -0.4 is 5.32 Å². The first-order chi connectivity index (χ1) is 5.74. The summed E-state index contributed by atoms with van der Waals surface area (Å²) < 4.78 is 28.5. The van der Waals surface area contributed by atoms with Crippen LogP contribution in [0.5, 0.6) is 0 Å². The molecule has 0 aliphatic carbocycles. The van der Waals surface area contributed by atoms with Crippen LogP contribution in [0.15, 0.2) is 0 Å². The van der Waals surface area contributed by atoms with Crippen LogP contribution in [0.4, 0.5) is 8.78 Å². The Hall–Kier alpha value is -0.260. The highest BCUT2D eigenvalue weighted by Gasteiger charge is 2.27. The Morgan fingerprint density at radius 1 is 1.50 bits per heavy atom. The minimum absolute atomic E-state index is 0.0130. The highest BCUT2D eigenvalue weighted by atomic mass is 19.3. The molecule has 0 aromatic rings. The second-order valence-corrected chi connectivity index (χ2v) is 2.89. The minimum Gasteiger partial charge on any atom is -0.396 e. The summed E-state index contributed by atoms with van der Waals surface area (Å²) in [5.41, 5.74) is 0. The van der Waals surface area contributed by atoms with Gasteiger partial charge in [-0.15, -0.1) is 0 Å². The molecule has 72 valence electrons. The van der Waals surface area contributed by atoms with Crippen LogP contribution in [-0.2, 0) is 4.74 Å². The lowest BCUT2D eigenvalue weighted by atomic mass is 10.1. The molecule has 1 heterocycles. The SMILES string of the molecule is OCC1COCC1NCC(F)F. The van der Waals surface area contributed by atoms with E-state index in [4.69, 9.17) is 9.84 Å². The number of alkyl halides is 2. The number of aliphatic hydroxyl groups is 1. The van der Waals surface area contributed by atoms with Crippen LogP contribution in [0, 0.1) is 5.92 Å². The van der Waals surface area contributed by atoms with Gasteiger partial charge >= 0.3 is 0 Å². The molecule has 0 bridgehead atoms. The van der Waals surface area contributed by atoms with Gasteiger partial charge in [0, 0.05) is 18.6 Å². The Morgan fingerprint density at radius 3 is 2.83 bits per heavy atom. The van der Waals surface area contributed by atoms with Crippen molar-refractivity contribution in [2.24, 2.45) is 5.92 Å². The molecule has 2 unspecified atom stereocenters. The fourth-order valence-electron chi connectivity index (χ4n) is 1.24. The van der Waals surface area contributed by atoms with Crippen LogP contribution in [-0.4, -0.2) is 43.9 Å². The lowest BCUT2D eigenvalue weighted by molar-refractivity contribution is 0.133. The molecule has 1 saturated heterocycles. The minimum atomic E-state index is -2.34. The monoisotopic (exact) mass is 181 g/mol. The largest absolute Gasteiger partial charge is 0.396 e. The van der Waals surface area contributed by atoms with Crippen molar-refractivity contribution in [2.45, 2.75) is 12.5 Å². The number of hydrogen-bond donors (Lipinski definition) is 2. The van der Waals surface area contributed by atoms with E-state index in [-0.39, 0.29) is 25.1 Å². The summed E-state index contributed by atoms with van der Waals surface area (Å²) in [7, 11) is 0. The molecule has 2 N–H and O–H groups in total. The standard InChI is InChI=1S/C7H13F2NO2/c8-7(9)1-10-6-4-12-3-5(6)2-11/h5-7,10-11H,1-4H2. The van der Waals surface area contributed by atoms with Crippen LogP contribution in [0.1, 0.15) is 0 Å². The Labute approximate surface area is 69.7 Å². The van der Waals surface area contributed by atoms with Crippen LogP contribution in [0.3, 0.4) is 0 Å². The summed E-state index contributed by atoms with van der Waals surface area (Å²) in [6.45, 7) is 0.529. The number of hydrogen-bond acceptors (Lipinski definition) is 3. The zero-order chi connectivity index (χ0) is 8.97. The molecule has 0 amide bonds. The van der Waals surface area contributed by atoms with Crippen LogP contribution in [0.2, 0.25) is 0 Å². The first-order valence-corrected chi connectivity index (χ1v) is 3.94. The predicted molar refractivity (Wildman–Crippen MR) is 39.2 cm³/mol. The van der Waals surface area contributed by atoms with E-state index >= 15 is 0 Å². The molecular formula is C7H13F2NO2. The molecule has 0 aromatic carbocycles. The average Bonchev–Trinajstić information content (AvgIpc) is 2.47. The van der Waals surface area contributed by atoms with Crippen molar-refractivity contribution in [1.29, 1.82) is 0 Å². The Kier molecular flexibility index (Phi) is 3.84. The quantitative estimate of drug-likeness (QED) is 0.633. The highest BCUT2D eigenvalue weighted by Crippen LogP contribution is 2.12. The van der Waals surface area contributed by atoms with Crippen molar-refractivity contribution in [3.63, 3.8) is 0 Å². The smallest absolute Gasteiger partial charge is 0.250 e. The Morgan fingerprint density at radius 2 is 2.25 bits per heavy atom. The maximum Gasteiger partial charge on any atom is 0.250 e. The molecule has 3 nitrogen and oxygen atoms in total. The summed E-state index contributed by atoms with van der Waals surface area (Å²) in [5.74, 6) is -0.0382. The molecule has 1 aliphatic heterocycles. The molecule has 0 aromatic heterocycles. The van der Waals surface area contributed by atoms with E-state index in [0.717, 1.165) is 0 Å². The lowest BCUT2D eigenvalue weighted by Crippen LogP contribution is -2.39. The van der Waals surface area contributed by atoms with E-state index < -0.39 is 6.43 Å². The summed E-state index contributed by atoms with van der Waals surface area (Å²) >= 11 is 0. The van der Waals surface area contributed by atoms with Crippen molar-refractivity contribution in [1.82, 2.24) is 5.32 Å². The molecule has 1 rings (SSSR count). The maximum atomic E-state index is 11.8. The van der Waals surface area contributed by atoms with Gasteiger partial charge in [-0.1, -0.05) is 0 Å². The van der Waals surface area contributed by atoms with Gasteiger partial charge in [0.2, 0.25) is 0 Å². The second-order valence-electron chi connectivity index (χ2n) is 2.89. The Balaban J connectivity index is 2.21. The molecule has 1 aliphatic rings. The Bertz CT molecular complexity index is 135. The van der Waals surface area contributed by atoms with E-state index in [1.54, 1.807) is 0 Å². The molecule has 1 fully saturated rings. The van der Waals surface area contributed by atoms with Gasteiger partial charge in [-0.25, -0.2) is 8.78 Å².